The van der Waals surface area contributed by atoms with Gasteiger partial charge in [-0.05, 0) is 19.9 Å². The summed E-state index contributed by atoms with van der Waals surface area (Å²) in [5.74, 6) is 1.02. The molecule has 0 saturated heterocycles. The lowest BCUT2D eigenvalue weighted by Crippen LogP contribution is -2.34. The summed E-state index contributed by atoms with van der Waals surface area (Å²) in [5, 5.41) is 4.25. The number of carbonyl (C=O) groups is 1. The predicted octanol–water partition coefficient (Wildman–Crippen LogP) is 0.852. The Kier molecular flexibility index (Phi) is 5.50. The molecular weight excluding hydrogens is 238 g/mol. The monoisotopic (exact) mass is 257 g/mol. The molecule has 0 radical (unpaired) electrons. The third-order valence-electron chi connectivity index (χ3n) is 2.24. The number of aryl methyl sites for hydroxylation is 2. The molecule has 1 aromatic heterocycles. The Morgan fingerprint density at radius 2 is 2.41 bits per heavy atom. The third kappa shape index (κ3) is 4.40. The predicted molar refractivity (Wildman–Crippen MR) is 68.7 cm³/mol. The molecule has 96 valence electrons. The SMILES string of the molecule is CCOC(=O)C(N)CSCc1cc(C)nn1C. The zero-order valence-electron chi connectivity index (χ0n) is 10.5. The van der Waals surface area contributed by atoms with Gasteiger partial charge in [0.05, 0.1) is 12.3 Å². The molecule has 1 aromatic rings. The summed E-state index contributed by atoms with van der Waals surface area (Å²) >= 11 is 1.61. The Bertz CT molecular complexity index is 379. The lowest BCUT2D eigenvalue weighted by Gasteiger charge is -2.09. The molecule has 0 aliphatic heterocycles. The number of nitrogens with two attached hydrogens (primary N) is 1. The summed E-state index contributed by atoms with van der Waals surface area (Å²) in [4.78, 5) is 11.3. The molecule has 1 heterocycles. The fraction of sp³-hybridized carbons (Fsp3) is 0.636. The van der Waals surface area contributed by atoms with Crippen LogP contribution in [-0.4, -0.2) is 34.2 Å². The first-order valence-electron chi connectivity index (χ1n) is 5.54. The van der Waals surface area contributed by atoms with Crippen LogP contribution in [0.25, 0.3) is 0 Å². The number of thioether (sulfide) groups is 1. The van der Waals surface area contributed by atoms with Crippen molar-refractivity contribution in [2.45, 2.75) is 25.6 Å². The Hall–Kier alpha value is -1.01. The zero-order valence-corrected chi connectivity index (χ0v) is 11.3. The number of nitrogens with zero attached hydrogens (tertiary/aromatic N) is 2. The highest BCUT2D eigenvalue weighted by atomic mass is 32.2. The van der Waals surface area contributed by atoms with E-state index in [1.807, 2.05) is 24.7 Å². The topological polar surface area (TPSA) is 70.1 Å². The maximum atomic E-state index is 11.3. The second-order valence-corrected chi connectivity index (χ2v) is 4.80. The van der Waals surface area contributed by atoms with E-state index < -0.39 is 6.04 Å². The quantitative estimate of drug-likeness (QED) is 0.765. The van der Waals surface area contributed by atoms with E-state index in [1.54, 1.807) is 18.7 Å². The fourth-order valence-corrected chi connectivity index (χ4v) is 2.39. The molecule has 2 N–H and O–H groups in total. The minimum Gasteiger partial charge on any atom is -0.465 e. The van der Waals surface area contributed by atoms with Crippen LogP contribution in [0.15, 0.2) is 6.07 Å². The van der Waals surface area contributed by atoms with Gasteiger partial charge in [0.2, 0.25) is 0 Å². The zero-order chi connectivity index (χ0) is 12.8. The molecule has 0 aromatic carbocycles. The van der Waals surface area contributed by atoms with Gasteiger partial charge in [0, 0.05) is 24.2 Å². The number of aromatic nitrogens is 2. The summed E-state index contributed by atoms with van der Waals surface area (Å²) in [6, 6.07) is 1.48. The Morgan fingerprint density at radius 1 is 1.71 bits per heavy atom. The van der Waals surface area contributed by atoms with Crippen LogP contribution in [0.3, 0.4) is 0 Å². The van der Waals surface area contributed by atoms with Crippen molar-refractivity contribution in [3.63, 3.8) is 0 Å². The van der Waals surface area contributed by atoms with Gasteiger partial charge in [-0.3, -0.25) is 9.48 Å². The summed E-state index contributed by atoms with van der Waals surface area (Å²) in [6.45, 7) is 4.10. The number of ether oxygens (including phenoxy) is 1. The van der Waals surface area contributed by atoms with Crippen LogP contribution in [0.2, 0.25) is 0 Å². The van der Waals surface area contributed by atoms with Crippen LogP contribution in [0, 0.1) is 6.92 Å². The summed E-state index contributed by atoms with van der Waals surface area (Å²) in [6.07, 6.45) is 0. The molecule has 1 atom stereocenters. The van der Waals surface area contributed by atoms with Gasteiger partial charge in [0.15, 0.2) is 0 Å². The Labute approximate surface area is 106 Å². The van der Waals surface area contributed by atoms with Crippen LogP contribution in [0.1, 0.15) is 18.3 Å². The van der Waals surface area contributed by atoms with Gasteiger partial charge in [-0.2, -0.15) is 16.9 Å². The highest BCUT2D eigenvalue weighted by Crippen LogP contribution is 2.13. The van der Waals surface area contributed by atoms with Crippen molar-refractivity contribution in [1.82, 2.24) is 9.78 Å². The van der Waals surface area contributed by atoms with Crippen LogP contribution in [-0.2, 0) is 22.3 Å². The molecule has 6 heteroatoms. The molecule has 0 bridgehead atoms. The second-order valence-electron chi connectivity index (χ2n) is 3.77. The summed E-state index contributed by atoms with van der Waals surface area (Å²) in [5.41, 5.74) is 7.82. The van der Waals surface area contributed by atoms with E-state index in [1.165, 1.54) is 0 Å². The van der Waals surface area contributed by atoms with Crippen LogP contribution >= 0.6 is 11.8 Å². The van der Waals surface area contributed by atoms with Crippen molar-refractivity contribution in [1.29, 1.82) is 0 Å². The van der Waals surface area contributed by atoms with E-state index in [0.29, 0.717) is 12.4 Å². The first-order valence-corrected chi connectivity index (χ1v) is 6.69. The maximum absolute atomic E-state index is 11.3. The van der Waals surface area contributed by atoms with Gasteiger partial charge in [-0.15, -0.1) is 0 Å². The number of rotatable bonds is 6. The molecule has 1 rings (SSSR count). The molecule has 0 aliphatic carbocycles. The molecule has 17 heavy (non-hydrogen) atoms. The summed E-state index contributed by atoms with van der Waals surface area (Å²) in [7, 11) is 1.91. The minimum atomic E-state index is -0.547. The normalized spacial score (nSPS) is 12.5. The number of carbonyl (C=O) groups excluding carboxylic acids is 1. The first-order chi connectivity index (χ1) is 8.04. The molecular formula is C11H19N3O2S. The molecule has 0 spiro atoms. The second kappa shape index (κ2) is 6.66. The fourth-order valence-electron chi connectivity index (χ4n) is 1.41. The van der Waals surface area contributed by atoms with Gasteiger partial charge in [-0.1, -0.05) is 0 Å². The van der Waals surface area contributed by atoms with Crippen LogP contribution in [0.4, 0.5) is 0 Å². The van der Waals surface area contributed by atoms with Gasteiger partial charge < -0.3 is 10.5 Å². The largest absolute Gasteiger partial charge is 0.465 e. The van der Waals surface area contributed by atoms with Crippen LogP contribution in [0.5, 0.6) is 0 Å². The van der Waals surface area contributed by atoms with Crippen molar-refractivity contribution in [2.24, 2.45) is 12.8 Å². The molecule has 5 nitrogen and oxygen atoms in total. The maximum Gasteiger partial charge on any atom is 0.323 e. The smallest absolute Gasteiger partial charge is 0.323 e. The summed E-state index contributed by atoms with van der Waals surface area (Å²) < 4.78 is 6.68. The van der Waals surface area contributed by atoms with Crippen molar-refractivity contribution < 1.29 is 9.53 Å². The standard InChI is InChI=1S/C11H19N3O2S/c1-4-16-11(15)10(12)7-17-6-9-5-8(2)13-14(9)3/h5,10H,4,6-7,12H2,1-3H3. The molecule has 0 fully saturated rings. The van der Waals surface area contributed by atoms with Gasteiger partial charge >= 0.3 is 5.97 Å². The van der Waals surface area contributed by atoms with E-state index in [2.05, 4.69) is 5.10 Å². The molecule has 0 amide bonds. The molecule has 1 unspecified atom stereocenters. The highest BCUT2D eigenvalue weighted by Gasteiger charge is 2.14. The first kappa shape index (κ1) is 14.1. The lowest BCUT2D eigenvalue weighted by atomic mass is 10.4. The highest BCUT2D eigenvalue weighted by molar-refractivity contribution is 7.98. The van der Waals surface area contributed by atoms with E-state index in [4.69, 9.17) is 10.5 Å². The van der Waals surface area contributed by atoms with E-state index in [-0.39, 0.29) is 5.97 Å². The Morgan fingerprint density at radius 3 is 2.94 bits per heavy atom. The number of hydrogen-bond donors (Lipinski definition) is 1. The van der Waals surface area contributed by atoms with Gasteiger partial charge in [0.1, 0.15) is 6.04 Å². The van der Waals surface area contributed by atoms with Crippen molar-refractivity contribution in [3.8, 4) is 0 Å². The van der Waals surface area contributed by atoms with Gasteiger partial charge in [-0.25, -0.2) is 0 Å². The average molecular weight is 257 g/mol. The minimum absolute atomic E-state index is 0.332. The molecule has 0 aliphatic rings. The average Bonchev–Trinajstić information content (AvgIpc) is 2.57. The number of esters is 1. The van der Waals surface area contributed by atoms with E-state index in [9.17, 15) is 4.79 Å². The van der Waals surface area contributed by atoms with Crippen molar-refractivity contribution in [3.05, 3.63) is 17.5 Å². The van der Waals surface area contributed by atoms with Crippen LogP contribution < -0.4 is 5.73 Å². The third-order valence-corrected chi connectivity index (χ3v) is 3.33. The van der Waals surface area contributed by atoms with E-state index >= 15 is 0 Å². The molecule has 0 saturated carbocycles. The van der Waals surface area contributed by atoms with Crippen molar-refractivity contribution >= 4 is 17.7 Å². The Balaban J connectivity index is 2.32. The number of hydrogen-bond acceptors (Lipinski definition) is 5. The van der Waals surface area contributed by atoms with Crippen molar-refractivity contribution in [2.75, 3.05) is 12.4 Å². The lowest BCUT2D eigenvalue weighted by molar-refractivity contribution is -0.144. The van der Waals surface area contributed by atoms with Gasteiger partial charge in [0.25, 0.3) is 0 Å². The van der Waals surface area contributed by atoms with E-state index in [0.717, 1.165) is 17.1 Å².